The Morgan fingerprint density at radius 1 is 0.875 bits per heavy atom. The summed E-state index contributed by atoms with van der Waals surface area (Å²) in [5, 5.41) is 9.15. The van der Waals surface area contributed by atoms with Crippen LogP contribution in [0.5, 0.6) is 0 Å². The summed E-state index contributed by atoms with van der Waals surface area (Å²) in [4.78, 5) is 0. The summed E-state index contributed by atoms with van der Waals surface area (Å²) in [6.07, 6.45) is -12.4. The molecule has 0 saturated heterocycles. The molecule has 0 saturated carbocycles. The lowest BCUT2D eigenvalue weighted by atomic mass is 9.82. The van der Waals surface area contributed by atoms with Gasteiger partial charge in [0.25, 0.3) is 5.60 Å². The van der Waals surface area contributed by atoms with Crippen LogP contribution in [-0.4, -0.2) is 26.5 Å². The van der Waals surface area contributed by atoms with Gasteiger partial charge in [-0.2, -0.15) is 26.3 Å². The van der Waals surface area contributed by atoms with Gasteiger partial charge in [-0.3, -0.25) is 0 Å². The normalized spacial score (nSPS) is 15.4. The Kier molecular flexibility index (Phi) is 4.58. The second-order valence-corrected chi connectivity index (χ2v) is 5.44. The quantitative estimate of drug-likeness (QED) is 0.459. The average Bonchev–Trinajstić information content (AvgIpc) is 2.11. The van der Waals surface area contributed by atoms with Crippen molar-refractivity contribution in [3.8, 4) is 0 Å². The molecule has 0 aliphatic carbocycles. The molecular formula is C8H11F6IO. The lowest BCUT2D eigenvalue weighted by Crippen LogP contribution is -2.68. The van der Waals surface area contributed by atoms with Crippen molar-refractivity contribution in [2.75, 3.05) is 0 Å². The van der Waals surface area contributed by atoms with Crippen molar-refractivity contribution in [3.05, 3.63) is 0 Å². The van der Waals surface area contributed by atoms with Crippen molar-refractivity contribution in [1.29, 1.82) is 0 Å². The van der Waals surface area contributed by atoms with E-state index in [2.05, 4.69) is 0 Å². The summed E-state index contributed by atoms with van der Waals surface area (Å²) in [5.41, 5.74) is -4.68. The summed E-state index contributed by atoms with van der Waals surface area (Å²) in [7, 11) is 0. The van der Waals surface area contributed by atoms with Gasteiger partial charge in [0, 0.05) is 0 Å². The molecule has 0 bridgehead atoms. The van der Waals surface area contributed by atoms with Crippen LogP contribution in [0.25, 0.3) is 0 Å². The molecule has 0 rings (SSSR count). The van der Waals surface area contributed by atoms with Crippen LogP contribution >= 0.6 is 22.6 Å². The maximum atomic E-state index is 12.5. The molecule has 0 radical (unpaired) electrons. The number of aliphatic hydroxyl groups is 1. The highest BCUT2D eigenvalue weighted by Gasteiger charge is 2.77. The number of hydrogen-bond acceptors (Lipinski definition) is 1. The van der Waals surface area contributed by atoms with Crippen LogP contribution in [0, 0.1) is 0 Å². The fraction of sp³-hybridized carbons (Fsp3) is 1.00. The largest absolute Gasteiger partial charge is 0.427 e. The molecule has 0 spiro atoms. The summed E-state index contributed by atoms with van der Waals surface area (Å²) in [6.45, 7) is 2.36. The van der Waals surface area contributed by atoms with Crippen LogP contribution in [-0.2, 0) is 0 Å². The third-order valence-corrected chi connectivity index (χ3v) is 4.90. The van der Waals surface area contributed by atoms with Crippen LogP contribution in [0.3, 0.4) is 0 Å². The lowest BCUT2D eigenvalue weighted by molar-refractivity contribution is -0.377. The van der Waals surface area contributed by atoms with Crippen molar-refractivity contribution < 1.29 is 31.4 Å². The van der Waals surface area contributed by atoms with Gasteiger partial charge in [0.05, 0.1) is 3.42 Å². The fourth-order valence-corrected chi connectivity index (χ4v) is 2.04. The number of alkyl halides is 7. The predicted octanol–water partition coefficient (Wildman–Crippen LogP) is 3.84. The first-order valence-electron chi connectivity index (χ1n) is 4.42. The third-order valence-electron chi connectivity index (χ3n) is 2.59. The number of rotatable bonds is 3. The van der Waals surface area contributed by atoms with Crippen molar-refractivity contribution in [1.82, 2.24) is 0 Å². The van der Waals surface area contributed by atoms with Gasteiger partial charge < -0.3 is 5.11 Å². The molecule has 0 aliphatic heterocycles. The van der Waals surface area contributed by atoms with Gasteiger partial charge in [-0.25, -0.2) is 0 Å². The van der Waals surface area contributed by atoms with Crippen LogP contribution in [0.2, 0.25) is 0 Å². The highest BCUT2D eigenvalue weighted by atomic mass is 127. The minimum Gasteiger partial charge on any atom is -0.373 e. The molecular weight excluding hydrogens is 353 g/mol. The van der Waals surface area contributed by atoms with Gasteiger partial charge >= 0.3 is 12.4 Å². The molecule has 0 amide bonds. The topological polar surface area (TPSA) is 20.2 Å². The zero-order valence-corrected chi connectivity index (χ0v) is 10.7. The smallest absolute Gasteiger partial charge is 0.373 e. The van der Waals surface area contributed by atoms with Gasteiger partial charge in [-0.1, -0.05) is 36.4 Å². The second kappa shape index (κ2) is 4.51. The fourth-order valence-electron chi connectivity index (χ4n) is 1.43. The molecule has 1 nitrogen and oxygen atoms in total. The van der Waals surface area contributed by atoms with E-state index in [-0.39, 0.29) is 0 Å². The average molecular weight is 364 g/mol. The summed E-state index contributed by atoms with van der Waals surface area (Å²) < 4.78 is 72.7. The molecule has 0 heterocycles. The van der Waals surface area contributed by atoms with Crippen LogP contribution < -0.4 is 0 Å². The van der Waals surface area contributed by atoms with E-state index < -0.39 is 34.2 Å². The minimum absolute atomic E-state index is 0.445. The third kappa shape index (κ3) is 2.27. The van der Waals surface area contributed by atoms with E-state index in [1.165, 1.54) is 13.8 Å². The van der Waals surface area contributed by atoms with E-state index in [1.54, 1.807) is 0 Å². The van der Waals surface area contributed by atoms with Crippen LogP contribution in [0.15, 0.2) is 0 Å². The molecule has 98 valence electrons. The first kappa shape index (κ1) is 16.3. The Morgan fingerprint density at radius 3 is 1.19 bits per heavy atom. The zero-order chi connectivity index (χ0) is 13.4. The molecule has 0 fully saturated rings. The molecule has 0 unspecified atom stereocenters. The van der Waals surface area contributed by atoms with E-state index in [0.29, 0.717) is 0 Å². The Hall–Kier alpha value is 0.270. The van der Waals surface area contributed by atoms with Gasteiger partial charge in [-0.15, -0.1) is 0 Å². The Bertz CT molecular complexity index is 228. The summed E-state index contributed by atoms with van der Waals surface area (Å²) >= 11 is 1.04. The van der Waals surface area contributed by atoms with E-state index in [0.717, 1.165) is 22.6 Å². The van der Waals surface area contributed by atoms with E-state index >= 15 is 0 Å². The van der Waals surface area contributed by atoms with Gasteiger partial charge in [-0.05, 0) is 12.8 Å². The monoisotopic (exact) mass is 364 g/mol. The van der Waals surface area contributed by atoms with E-state index in [9.17, 15) is 26.3 Å². The predicted molar refractivity (Wildman–Crippen MR) is 54.4 cm³/mol. The molecule has 0 atom stereocenters. The SMILES string of the molecule is CCC(I)(CC)C(O)(C(F)(F)F)C(F)(F)F. The first-order chi connectivity index (χ1) is 6.87. The highest BCUT2D eigenvalue weighted by Crippen LogP contribution is 2.55. The molecule has 0 aromatic rings. The number of hydrogen-bond donors (Lipinski definition) is 1. The maximum absolute atomic E-state index is 12.5. The molecule has 1 N–H and O–H groups in total. The standard InChI is InChI=1S/C8H11F6IO/c1-3-5(15,4-2)6(16,7(9,10)11)8(12,13)14/h16H,3-4H2,1-2H3. The van der Waals surface area contributed by atoms with Crippen LogP contribution in [0.4, 0.5) is 26.3 Å². The van der Waals surface area contributed by atoms with Crippen molar-refractivity contribution in [2.45, 2.75) is 48.1 Å². The Balaban J connectivity index is 5.79. The van der Waals surface area contributed by atoms with E-state index in [1.807, 2.05) is 0 Å². The summed E-state index contributed by atoms with van der Waals surface area (Å²) in [6, 6.07) is 0. The van der Waals surface area contributed by atoms with Crippen molar-refractivity contribution in [2.24, 2.45) is 0 Å². The molecule has 0 aromatic carbocycles. The van der Waals surface area contributed by atoms with Crippen molar-refractivity contribution >= 4 is 22.6 Å². The molecule has 8 heteroatoms. The van der Waals surface area contributed by atoms with Crippen molar-refractivity contribution in [3.63, 3.8) is 0 Å². The minimum atomic E-state index is -5.75. The molecule has 16 heavy (non-hydrogen) atoms. The highest BCUT2D eigenvalue weighted by molar-refractivity contribution is 14.1. The van der Waals surface area contributed by atoms with Crippen LogP contribution in [0.1, 0.15) is 26.7 Å². The Labute approximate surface area is 102 Å². The summed E-state index contributed by atoms with van der Waals surface area (Å²) in [5.74, 6) is 0. The molecule has 0 aromatic heterocycles. The zero-order valence-electron chi connectivity index (χ0n) is 8.51. The van der Waals surface area contributed by atoms with Gasteiger partial charge in [0.15, 0.2) is 0 Å². The number of halogens is 7. The first-order valence-corrected chi connectivity index (χ1v) is 5.50. The van der Waals surface area contributed by atoms with E-state index in [4.69, 9.17) is 5.11 Å². The maximum Gasteiger partial charge on any atom is 0.427 e. The molecule has 0 aliphatic rings. The Morgan fingerprint density at radius 2 is 1.12 bits per heavy atom. The second-order valence-electron chi connectivity index (χ2n) is 3.38. The van der Waals surface area contributed by atoms with Gasteiger partial charge in [0.1, 0.15) is 0 Å². The lowest BCUT2D eigenvalue weighted by Gasteiger charge is -2.44. The van der Waals surface area contributed by atoms with Gasteiger partial charge in [0.2, 0.25) is 0 Å².